The molecule has 0 heterocycles. The lowest BCUT2D eigenvalue weighted by atomic mass is 10.1. The van der Waals surface area contributed by atoms with Crippen LogP contribution in [-0.4, -0.2) is 39.6 Å². The van der Waals surface area contributed by atoms with E-state index >= 15 is 0 Å². The number of aryl methyl sites for hydroxylation is 1. The smallest absolute Gasteiger partial charge is 0.418 e. The summed E-state index contributed by atoms with van der Waals surface area (Å²) in [5.41, 5.74) is -9.10. The lowest BCUT2D eigenvalue weighted by molar-refractivity contribution is -0.394. The summed E-state index contributed by atoms with van der Waals surface area (Å²) in [5.74, 6) is -1.89. The number of halogens is 7. The zero-order valence-electron chi connectivity index (χ0n) is 21.5. The first-order valence-corrected chi connectivity index (χ1v) is 13.9. The molecule has 44 heavy (non-hydrogen) atoms. The summed E-state index contributed by atoms with van der Waals surface area (Å²) in [6.45, 7) is 0.0278. The van der Waals surface area contributed by atoms with Crippen LogP contribution in [0.15, 0.2) is 59.5 Å². The molecule has 0 aliphatic rings. The van der Waals surface area contributed by atoms with Crippen LogP contribution in [0.1, 0.15) is 16.7 Å². The van der Waals surface area contributed by atoms with Crippen molar-refractivity contribution >= 4 is 62.5 Å². The van der Waals surface area contributed by atoms with Gasteiger partial charge in [0.05, 0.1) is 54.8 Å². The van der Waals surface area contributed by atoms with E-state index in [0.717, 1.165) is 12.1 Å². The van der Waals surface area contributed by atoms with E-state index in [-0.39, 0.29) is 26.2 Å². The first kappa shape index (κ1) is 34.4. The van der Waals surface area contributed by atoms with E-state index in [0.29, 0.717) is 17.7 Å². The molecule has 0 spiro atoms. The Kier molecular flexibility index (Phi) is 9.73. The van der Waals surface area contributed by atoms with Crippen molar-refractivity contribution in [2.24, 2.45) is 0 Å². The van der Waals surface area contributed by atoms with Gasteiger partial charge < -0.3 is 5.11 Å². The SMILES string of the molecule is Cc1ccc(S(=O)(=O)N(CC(=O)O)SN(c2cc(C(F)(F)F)ccc2Cl)c2c([N+](=O)[O-])cc([N+](=O)[O-])cc2C(F)(F)F)cc1. The number of anilines is 2. The van der Waals surface area contributed by atoms with Gasteiger partial charge in [0.25, 0.3) is 15.7 Å². The second kappa shape index (κ2) is 12.5. The Morgan fingerprint density at radius 1 is 0.955 bits per heavy atom. The molecule has 3 aromatic carbocycles. The Morgan fingerprint density at radius 3 is 2.02 bits per heavy atom. The van der Waals surface area contributed by atoms with Crippen molar-refractivity contribution in [3.8, 4) is 0 Å². The van der Waals surface area contributed by atoms with Crippen LogP contribution in [0, 0.1) is 27.2 Å². The second-order valence-electron chi connectivity index (χ2n) is 8.59. The highest BCUT2D eigenvalue weighted by atomic mass is 35.5. The highest BCUT2D eigenvalue weighted by Gasteiger charge is 2.44. The van der Waals surface area contributed by atoms with Crippen molar-refractivity contribution in [1.29, 1.82) is 0 Å². The maximum absolute atomic E-state index is 14.3. The molecule has 0 unspecified atom stereocenters. The zero-order valence-corrected chi connectivity index (χ0v) is 23.8. The molecule has 0 fully saturated rings. The summed E-state index contributed by atoms with van der Waals surface area (Å²) in [6, 6.07) is 5.55. The van der Waals surface area contributed by atoms with Gasteiger partial charge in [0.15, 0.2) is 0 Å². The molecule has 0 saturated heterocycles. The molecule has 21 heteroatoms. The molecule has 0 aromatic heterocycles. The Labute approximate surface area is 252 Å². The van der Waals surface area contributed by atoms with Gasteiger partial charge in [0.1, 0.15) is 12.2 Å². The first-order valence-electron chi connectivity index (χ1n) is 11.3. The summed E-state index contributed by atoms with van der Waals surface area (Å²) in [5, 5.41) is 32.0. The van der Waals surface area contributed by atoms with E-state index < -0.39 is 101 Å². The number of nitro benzene ring substituents is 2. The molecule has 236 valence electrons. The van der Waals surface area contributed by atoms with Gasteiger partial charge in [-0.05, 0) is 37.3 Å². The van der Waals surface area contributed by atoms with Crippen LogP contribution >= 0.6 is 23.7 Å². The Hall–Kier alpha value is -4.14. The predicted octanol–water partition coefficient (Wildman–Crippen LogP) is 6.98. The number of carboxylic acids is 1. The minimum Gasteiger partial charge on any atom is -0.480 e. The molecule has 1 N–H and O–H groups in total. The Bertz CT molecular complexity index is 1740. The molecule has 3 aromatic rings. The van der Waals surface area contributed by atoms with Crippen molar-refractivity contribution in [3.63, 3.8) is 0 Å². The average molecular weight is 689 g/mol. The molecular weight excluding hydrogens is 674 g/mol. The number of carboxylic acid groups (broad SMARTS) is 1. The van der Waals surface area contributed by atoms with E-state index in [4.69, 9.17) is 11.6 Å². The first-order chi connectivity index (χ1) is 20.1. The quantitative estimate of drug-likeness (QED) is 0.102. The van der Waals surface area contributed by atoms with Crippen molar-refractivity contribution < 1.29 is 54.5 Å². The predicted molar refractivity (Wildman–Crippen MR) is 144 cm³/mol. The van der Waals surface area contributed by atoms with E-state index in [1.807, 2.05) is 0 Å². The lowest BCUT2D eigenvalue weighted by Gasteiger charge is -2.31. The Balaban J connectivity index is 2.49. The molecule has 12 nitrogen and oxygen atoms in total. The summed E-state index contributed by atoms with van der Waals surface area (Å²) in [6.07, 6.45) is -10.8. The molecule has 0 aliphatic heterocycles. The summed E-state index contributed by atoms with van der Waals surface area (Å²) in [7, 11) is -5.03. The van der Waals surface area contributed by atoms with E-state index in [1.165, 1.54) is 12.1 Å². The fourth-order valence-corrected chi connectivity index (χ4v) is 6.44. The van der Waals surface area contributed by atoms with Gasteiger partial charge >= 0.3 is 24.0 Å². The van der Waals surface area contributed by atoms with Crippen molar-refractivity contribution in [3.05, 3.63) is 96.5 Å². The minimum absolute atomic E-state index is 0.0447. The van der Waals surface area contributed by atoms with Gasteiger partial charge in [-0.1, -0.05) is 29.3 Å². The monoisotopic (exact) mass is 688 g/mol. The van der Waals surface area contributed by atoms with Gasteiger partial charge in [-0.25, -0.2) is 8.42 Å². The maximum atomic E-state index is 14.3. The van der Waals surface area contributed by atoms with Gasteiger partial charge in [0, 0.05) is 6.07 Å². The summed E-state index contributed by atoms with van der Waals surface area (Å²) >= 11 is 5.55. The number of carbonyl (C=O) groups is 1. The fourth-order valence-electron chi connectivity index (χ4n) is 3.52. The number of aliphatic carboxylic acids is 1. The third-order valence-electron chi connectivity index (χ3n) is 5.51. The number of nitro groups is 2. The summed E-state index contributed by atoms with van der Waals surface area (Å²) < 4.78 is 111. The molecule has 3 rings (SSSR count). The molecule has 0 radical (unpaired) electrons. The van der Waals surface area contributed by atoms with E-state index in [1.54, 1.807) is 6.92 Å². The number of non-ortho nitro benzene ring substituents is 1. The molecule has 0 aliphatic carbocycles. The number of hydrogen-bond donors (Lipinski definition) is 1. The van der Waals surface area contributed by atoms with Crippen LogP contribution < -0.4 is 4.31 Å². The van der Waals surface area contributed by atoms with Crippen LogP contribution in [0.2, 0.25) is 5.02 Å². The fraction of sp³-hybridized carbons (Fsp3) is 0.174. The highest BCUT2D eigenvalue weighted by Crippen LogP contribution is 2.52. The van der Waals surface area contributed by atoms with Crippen LogP contribution in [0.4, 0.5) is 49.1 Å². The molecule has 0 atom stereocenters. The van der Waals surface area contributed by atoms with Gasteiger partial charge in [0.2, 0.25) is 0 Å². The average Bonchev–Trinajstić information content (AvgIpc) is 2.89. The second-order valence-corrected chi connectivity index (χ2v) is 12.1. The normalized spacial score (nSPS) is 12.3. The maximum Gasteiger partial charge on any atom is 0.418 e. The van der Waals surface area contributed by atoms with Crippen LogP contribution in [0.25, 0.3) is 0 Å². The molecule has 0 amide bonds. The number of nitrogens with zero attached hydrogens (tertiary/aromatic N) is 4. The highest BCUT2D eigenvalue weighted by molar-refractivity contribution is 8.09. The standard InChI is InChI=1S/C23H15ClF6N4O8S2/c1-12-2-5-15(6-3-12)44(41,42)31(11-20(35)36)43-32(18-8-13(22(25,26)27)4-7-17(18)24)21-16(23(28,29)30)9-14(33(37)38)10-19(21)34(39)40/h2-10H,11H2,1H3,(H,35,36). The minimum atomic E-state index is -5.67. The van der Waals surface area contributed by atoms with Crippen molar-refractivity contribution in [2.75, 3.05) is 10.8 Å². The van der Waals surface area contributed by atoms with Crippen LogP contribution in [0.3, 0.4) is 0 Å². The van der Waals surface area contributed by atoms with Crippen molar-refractivity contribution in [1.82, 2.24) is 3.71 Å². The van der Waals surface area contributed by atoms with Gasteiger partial charge in [-0.3, -0.25) is 29.3 Å². The number of hydrogen-bond acceptors (Lipinski definition) is 9. The van der Waals surface area contributed by atoms with Crippen LogP contribution in [-0.2, 0) is 27.2 Å². The third kappa shape index (κ3) is 7.49. The zero-order chi connectivity index (χ0) is 33.4. The topological polar surface area (TPSA) is 164 Å². The lowest BCUT2D eigenvalue weighted by Crippen LogP contribution is -2.34. The van der Waals surface area contributed by atoms with Gasteiger partial charge in [-0.2, -0.15) is 26.3 Å². The number of rotatable bonds is 10. The number of benzene rings is 3. The molecule has 0 bridgehead atoms. The van der Waals surface area contributed by atoms with E-state index in [9.17, 15) is 64.9 Å². The van der Waals surface area contributed by atoms with Gasteiger partial charge in [-0.15, -0.1) is 3.71 Å². The largest absolute Gasteiger partial charge is 0.480 e. The Morgan fingerprint density at radius 2 is 1.55 bits per heavy atom. The number of sulfonamides is 1. The molecular formula is C23H15ClF6N4O8S2. The van der Waals surface area contributed by atoms with Crippen LogP contribution in [0.5, 0.6) is 0 Å². The summed E-state index contributed by atoms with van der Waals surface area (Å²) in [4.78, 5) is 31.5. The van der Waals surface area contributed by atoms with E-state index in [2.05, 4.69) is 0 Å². The van der Waals surface area contributed by atoms with Crippen molar-refractivity contribution in [2.45, 2.75) is 24.2 Å². The third-order valence-corrected chi connectivity index (χ3v) is 9.00. The number of alkyl halides is 6. The molecule has 0 saturated carbocycles.